The first-order chi connectivity index (χ1) is 9.22. The van der Waals surface area contributed by atoms with Crippen LogP contribution in [0.3, 0.4) is 0 Å². The van der Waals surface area contributed by atoms with E-state index in [0.29, 0.717) is 6.04 Å². The average molecular weight is 276 g/mol. The van der Waals surface area contributed by atoms with E-state index in [2.05, 4.69) is 36.1 Å². The lowest BCUT2D eigenvalue weighted by Gasteiger charge is -2.37. The van der Waals surface area contributed by atoms with Gasteiger partial charge in [0.2, 0.25) is 0 Å². The predicted molar refractivity (Wildman–Crippen MR) is 82.6 cm³/mol. The standard InChI is InChI=1S/C16H24N2S/c1-12-2-6-16(7-3-12)19-9-8-18-14-4-5-15(18)11-13(17)10-14/h2-3,6-7,13-15H,4-5,8-11,17H2,1H3. The second-order valence-corrected chi connectivity index (χ2v) is 7.18. The Morgan fingerprint density at radius 1 is 1.16 bits per heavy atom. The highest BCUT2D eigenvalue weighted by molar-refractivity contribution is 7.99. The lowest BCUT2D eigenvalue weighted by molar-refractivity contribution is 0.137. The van der Waals surface area contributed by atoms with Crippen LogP contribution in [-0.4, -0.2) is 35.3 Å². The average Bonchev–Trinajstić information content (AvgIpc) is 2.64. The van der Waals surface area contributed by atoms with Gasteiger partial charge in [-0.25, -0.2) is 0 Å². The van der Waals surface area contributed by atoms with Crippen LogP contribution in [0, 0.1) is 6.92 Å². The van der Waals surface area contributed by atoms with Crippen molar-refractivity contribution in [1.82, 2.24) is 4.90 Å². The Kier molecular flexibility index (Phi) is 4.15. The van der Waals surface area contributed by atoms with E-state index >= 15 is 0 Å². The molecule has 2 bridgehead atoms. The number of benzene rings is 1. The van der Waals surface area contributed by atoms with E-state index in [1.165, 1.54) is 48.4 Å². The maximum absolute atomic E-state index is 6.12. The molecule has 3 rings (SSSR count). The molecule has 0 aromatic heterocycles. The van der Waals surface area contributed by atoms with Gasteiger partial charge in [-0.1, -0.05) is 17.7 Å². The Morgan fingerprint density at radius 2 is 1.79 bits per heavy atom. The fraction of sp³-hybridized carbons (Fsp3) is 0.625. The van der Waals surface area contributed by atoms with Crippen molar-refractivity contribution in [2.45, 2.75) is 55.6 Å². The molecule has 0 saturated carbocycles. The molecule has 0 spiro atoms. The summed E-state index contributed by atoms with van der Waals surface area (Å²) in [5.41, 5.74) is 7.46. The van der Waals surface area contributed by atoms with Gasteiger partial charge in [-0.2, -0.15) is 0 Å². The SMILES string of the molecule is Cc1ccc(SCCN2C3CCC2CC(N)C3)cc1. The number of rotatable bonds is 4. The van der Waals surface area contributed by atoms with Crippen molar-refractivity contribution in [3.8, 4) is 0 Å². The molecule has 2 saturated heterocycles. The van der Waals surface area contributed by atoms with Crippen LogP contribution in [0.25, 0.3) is 0 Å². The lowest BCUT2D eigenvalue weighted by Crippen LogP contribution is -2.48. The summed E-state index contributed by atoms with van der Waals surface area (Å²) in [6.07, 6.45) is 5.17. The zero-order chi connectivity index (χ0) is 13.2. The maximum atomic E-state index is 6.12. The van der Waals surface area contributed by atoms with Crippen LogP contribution < -0.4 is 5.73 Å². The molecule has 2 aliphatic rings. The highest BCUT2D eigenvalue weighted by Gasteiger charge is 2.38. The van der Waals surface area contributed by atoms with Crippen molar-refractivity contribution >= 4 is 11.8 Å². The van der Waals surface area contributed by atoms with Gasteiger partial charge in [0.1, 0.15) is 0 Å². The van der Waals surface area contributed by atoms with Crippen LogP contribution >= 0.6 is 11.8 Å². The molecular weight excluding hydrogens is 252 g/mol. The van der Waals surface area contributed by atoms with Crippen LogP contribution in [0.5, 0.6) is 0 Å². The summed E-state index contributed by atoms with van der Waals surface area (Å²) in [5, 5.41) is 0. The molecule has 19 heavy (non-hydrogen) atoms. The number of nitrogens with two attached hydrogens (primary N) is 1. The summed E-state index contributed by atoms with van der Waals surface area (Å²) in [5.74, 6) is 1.20. The number of fused-ring (bicyclic) bond motifs is 2. The smallest absolute Gasteiger partial charge is 0.0114 e. The topological polar surface area (TPSA) is 29.3 Å². The highest BCUT2D eigenvalue weighted by atomic mass is 32.2. The number of aryl methyl sites for hydroxylation is 1. The minimum atomic E-state index is 0.457. The molecule has 3 heteroatoms. The fourth-order valence-corrected chi connectivity index (χ4v) is 4.45. The minimum absolute atomic E-state index is 0.457. The third kappa shape index (κ3) is 3.15. The van der Waals surface area contributed by atoms with E-state index in [4.69, 9.17) is 5.73 Å². The summed E-state index contributed by atoms with van der Waals surface area (Å²) in [6, 6.07) is 10.9. The first kappa shape index (κ1) is 13.5. The van der Waals surface area contributed by atoms with Gasteiger partial charge in [0.05, 0.1) is 0 Å². The van der Waals surface area contributed by atoms with Crippen molar-refractivity contribution < 1.29 is 0 Å². The van der Waals surface area contributed by atoms with Gasteiger partial charge in [-0.3, -0.25) is 4.90 Å². The summed E-state index contributed by atoms with van der Waals surface area (Å²) < 4.78 is 0. The van der Waals surface area contributed by atoms with Gasteiger partial charge < -0.3 is 5.73 Å². The summed E-state index contributed by atoms with van der Waals surface area (Å²) in [4.78, 5) is 4.12. The van der Waals surface area contributed by atoms with Crippen LogP contribution in [0.4, 0.5) is 0 Å². The summed E-state index contributed by atoms with van der Waals surface area (Å²) in [7, 11) is 0. The summed E-state index contributed by atoms with van der Waals surface area (Å²) >= 11 is 1.98. The van der Waals surface area contributed by atoms with E-state index < -0.39 is 0 Å². The molecule has 1 aromatic rings. The van der Waals surface area contributed by atoms with Gasteiger partial charge >= 0.3 is 0 Å². The van der Waals surface area contributed by atoms with Crippen molar-refractivity contribution in [3.63, 3.8) is 0 Å². The minimum Gasteiger partial charge on any atom is -0.328 e. The number of piperidine rings is 1. The Labute approximate surface area is 120 Å². The Morgan fingerprint density at radius 3 is 2.42 bits per heavy atom. The van der Waals surface area contributed by atoms with Gasteiger partial charge in [0.25, 0.3) is 0 Å². The van der Waals surface area contributed by atoms with E-state index in [-0.39, 0.29) is 0 Å². The predicted octanol–water partition coefficient (Wildman–Crippen LogP) is 3.04. The first-order valence-electron chi connectivity index (χ1n) is 7.43. The number of nitrogens with zero attached hydrogens (tertiary/aromatic N) is 1. The quantitative estimate of drug-likeness (QED) is 0.857. The lowest BCUT2D eigenvalue weighted by atomic mass is 9.98. The van der Waals surface area contributed by atoms with E-state index in [0.717, 1.165) is 12.1 Å². The van der Waals surface area contributed by atoms with Crippen molar-refractivity contribution in [2.24, 2.45) is 5.73 Å². The van der Waals surface area contributed by atoms with Gasteiger partial charge in [0.15, 0.2) is 0 Å². The molecule has 2 aliphatic heterocycles. The molecule has 0 aliphatic carbocycles. The molecule has 1 aromatic carbocycles. The third-order valence-electron chi connectivity index (χ3n) is 4.56. The molecule has 2 unspecified atom stereocenters. The Bertz CT molecular complexity index is 403. The second-order valence-electron chi connectivity index (χ2n) is 6.02. The zero-order valence-electron chi connectivity index (χ0n) is 11.7. The van der Waals surface area contributed by atoms with E-state index in [1.807, 2.05) is 11.8 Å². The van der Waals surface area contributed by atoms with Gasteiger partial charge in [-0.15, -0.1) is 11.8 Å². The second kappa shape index (κ2) is 5.86. The zero-order valence-corrected chi connectivity index (χ0v) is 12.5. The van der Waals surface area contributed by atoms with Crippen molar-refractivity contribution in [2.75, 3.05) is 12.3 Å². The van der Waals surface area contributed by atoms with Crippen LogP contribution in [0.15, 0.2) is 29.2 Å². The number of thioether (sulfide) groups is 1. The Balaban J connectivity index is 1.49. The van der Waals surface area contributed by atoms with Crippen molar-refractivity contribution in [3.05, 3.63) is 29.8 Å². The summed E-state index contributed by atoms with van der Waals surface area (Å²) in [6.45, 7) is 3.36. The molecule has 0 amide bonds. The molecule has 2 atom stereocenters. The maximum Gasteiger partial charge on any atom is 0.0114 e. The fourth-order valence-electron chi connectivity index (χ4n) is 3.58. The third-order valence-corrected chi connectivity index (χ3v) is 5.55. The normalized spacial score (nSPS) is 30.7. The Hall–Kier alpha value is -0.510. The van der Waals surface area contributed by atoms with Gasteiger partial charge in [0, 0.05) is 35.3 Å². The number of hydrogen-bond acceptors (Lipinski definition) is 3. The van der Waals surface area contributed by atoms with E-state index in [1.54, 1.807) is 0 Å². The molecule has 2 fully saturated rings. The van der Waals surface area contributed by atoms with E-state index in [9.17, 15) is 0 Å². The molecule has 2 nitrogen and oxygen atoms in total. The van der Waals surface area contributed by atoms with Crippen LogP contribution in [0.1, 0.15) is 31.2 Å². The largest absolute Gasteiger partial charge is 0.328 e. The molecule has 0 radical (unpaired) electrons. The van der Waals surface area contributed by atoms with Crippen LogP contribution in [0.2, 0.25) is 0 Å². The van der Waals surface area contributed by atoms with Gasteiger partial charge in [-0.05, 0) is 44.7 Å². The molecule has 2 heterocycles. The molecule has 2 N–H and O–H groups in total. The van der Waals surface area contributed by atoms with Crippen LogP contribution in [-0.2, 0) is 0 Å². The highest BCUT2D eigenvalue weighted by Crippen LogP contribution is 2.35. The number of hydrogen-bond donors (Lipinski definition) is 1. The monoisotopic (exact) mass is 276 g/mol. The first-order valence-corrected chi connectivity index (χ1v) is 8.42. The van der Waals surface area contributed by atoms with Crippen molar-refractivity contribution in [1.29, 1.82) is 0 Å². The molecular formula is C16H24N2S. The molecule has 104 valence electrons.